The monoisotopic (exact) mass is 279 g/mol. The maximum Gasteiger partial charge on any atom is 0.407 e. The molecule has 20 heavy (non-hydrogen) atoms. The van der Waals surface area contributed by atoms with Crippen LogP contribution in [0, 0.1) is 0 Å². The molecule has 1 nitrogen and oxygen atoms in total. The van der Waals surface area contributed by atoms with Crippen molar-refractivity contribution in [1.29, 1.82) is 0 Å². The van der Waals surface area contributed by atoms with Crippen LogP contribution in [0.5, 0.6) is 0 Å². The molecule has 2 rings (SSSR count). The van der Waals surface area contributed by atoms with Gasteiger partial charge in [0, 0.05) is 0 Å². The molecule has 1 N–H and O–H groups in total. The first-order valence-corrected chi connectivity index (χ1v) is 6.37. The first-order valence-electron chi connectivity index (χ1n) is 6.37. The molecule has 0 bridgehead atoms. The van der Waals surface area contributed by atoms with Gasteiger partial charge in [0.05, 0.1) is 0 Å². The van der Waals surface area contributed by atoms with Gasteiger partial charge in [-0.1, -0.05) is 54.6 Å². The number of alkyl halides is 3. The molecule has 0 aliphatic rings. The molecule has 0 aliphatic carbocycles. The van der Waals surface area contributed by atoms with Gasteiger partial charge in [-0.05, 0) is 30.2 Å². The van der Waals surface area contributed by atoms with Crippen molar-refractivity contribution in [2.24, 2.45) is 0 Å². The normalized spacial score (nSPS) is 13.2. The van der Waals surface area contributed by atoms with E-state index in [-0.39, 0.29) is 5.56 Å². The number of halogens is 3. The topological polar surface area (TPSA) is 12.0 Å². The summed E-state index contributed by atoms with van der Waals surface area (Å²) >= 11 is 0. The molecule has 1 atom stereocenters. The molecule has 0 saturated heterocycles. The third-order valence-electron chi connectivity index (χ3n) is 3.18. The molecule has 0 amide bonds. The Morgan fingerprint density at radius 2 is 1.45 bits per heavy atom. The lowest BCUT2D eigenvalue weighted by Gasteiger charge is -2.20. The van der Waals surface area contributed by atoms with Gasteiger partial charge in [0.15, 0.2) is 0 Å². The summed E-state index contributed by atoms with van der Waals surface area (Å²) in [5.41, 5.74) is 2.37. The maximum atomic E-state index is 12.8. The molecule has 0 heterocycles. The lowest BCUT2D eigenvalue weighted by molar-refractivity contribution is -0.156. The van der Waals surface area contributed by atoms with E-state index in [4.69, 9.17) is 0 Å². The first kappa shape index (κ1) is 14.6. The van der Waals surface area contributed by atoms with Gasteiger partial charge >= 0.3 is 6.18 Å². The van der Waals surface area contributed by atoms with Crippen LogP contribution in [-0.4, -0.2) is 13.2 Å². The van der Waals surface area contributed by atoms with Crippen LogP contribution in [0.4, 0.5) is 13.2 Å². The summed E-state index contributed by atoms with van der Waals surface area (Å²) in [6, 6.07) is 14.8. The fourth-order valence-corrected chi connectivity index (χ4v) is 2.18. The standard InChI is InChI=1S/C16H16F3N/c1-20-15(16(17,18)19)14-9-7-13(8-10-14)11-12-5-3-2-4-6-12/h2-10,15,20H,11H2,1H3. The fraction of sp³-hybridized carbons (Fsp3) is 0.250. The summed E-state index contributed by atoms with van der Waals surface area (Å²) in [6.45, 7) is 0. The average Bonchev–Trinajstić information content (AvgIpc) is 2.41. The Kier molecular flexibility index (Phi) is 4.45. The van der Waals surface area contributed by atoms with E-state index in [0.717, 1.165) is 17.5 Å². The van der Waals surface area contributed by atoms with Crippen molar-refractivity contribution in [3.8, 4) is 0 Å². The molecule has 2 aromatic rings. The minimum Gasteiger partial charge on any atom is -0.306 e. The molecular formula is C16H16F3N. The van der Waals surface area contributed by atoms with E-state index in [2.05, 4.69) is 5.32 Å². The van der Waals surface area contributed by atoms with Crippen molar-refractivity contribution in [1.82, 2.24) is 5.32 Å². The lowest BCUT2D eigenvalue weighted by Crippen LogP contribution is -2.31. The van der Waals surface area contributed by atoms with E-state index >= 15 is 0 Å². The van der Waals surface area contributed by atoms with E-state index in [1.165, 1.54) is 19.2 Å². The maximum absolute atomic E-state index is 12.8. The van der Waals surface area contributed by atoms with Crippen LogP contribution in [0.15, 0.2) is 54.6 Å². The summed E-state index contributed by atoms with van der Waals surface area (Å²) in [7, 11) is 1.32. The van der Waals surface area contributed by atoms with Crippen LogP contribution >= 0.6 is 0 Å². The Bertz CT molecular complexity index is 532. The van der Waals surface area contributed by atoms with Gasteiger partial charge in [-0.25, -0.2) is 0 Å². The minimum absolute atomic E-state index is 0.233. The highest BCUT2D eigenvalue weighted by Gasteiger charge is 2.39. The first-order chi connectivity index (χ1) is 9.50. The third kappa shape index (κ3) is 3.61. The fourth-order valence-electron chi connectivity index (χ4n) is 2.18. The van der Waals surface area contributed by atoms with Gasteiger partial charge < -0.3 is 5.32 Å². The Balaban J connectivity index is 2.14. The second-order valence-corrected chi connectivity index (χ2v) is 4.67. The van der Waals surface area contributed by atoms with Crippen LogP contribution in [0.2, 0.25) is 0 Å². The molecule has 1 unspecified atom stereocenters. The Morgan fingerprint density at radius 3 is 1.95 bits per heavy atom. The van der Waals surface area contributed by atoms with E-state index in [9.17, 15) is 13.2 Å². The van der Waals surface area contributed by atoms with Gasteiger partial charge in [-0.2, -0.15) is 13.2 Å². The molecule has 0 saturated carbocycles. The Hall–Kier alpha value is -1.81. The zero-order valence-electron chi connectivity index (χ0n) is 11.1. The molecule has 0 radical (unpaired) electrons. The quantitative estimate of drug-likeness (QED) is 0.888. The van der Waals surface area contributed by atoms with Crippen molar-refractivity contribution >= 4 is 0 Å². The third-order valence-corrected chi connectivity index (χ3v) is 3.18. The molecule has 4 heteroatoms. The molecule has 106 valence electrons. The van der Waals surface area contributed by atoms with Crippen LogP contribution < -0.4 is 5.32 Å². The largest absolute Gasteiger partial charge is 0.407 e. The lowest BCUT2D eigenvalue weighted by atomic mass is 10.0. The van der Waals surface area contributed by atoms with Crippen LogP contribution in [0.25, 0.3) is 0 Å². The second kappa shape index (κ2) is 6.09. The van der Waals surface area contributed by atoms with Gasteiger partial charge in [-0.3, -0.25) is 0 Å². The summed E-state index contributed by atoms with van der Waals surface area (Å²) < 4.78 is 38.4. The van der Waals surface area contributed by atoms with E-state index in [1.54, 1.807) is 12.1 Å². The number of nitrogens with one attached hydrogen (secondary N) is 1. The van der Waals surface area contributed by atoms with Gasteiger partial charge in [0.25, 0.3) is 0 Å². The van der Waals surface area contributed by atoms with Crippen LogP contribution in [-0.2, 0) is 6.42 Å². The van der Waals surface area contributed by atoms with Crippen molar-refractivity contribution in [2.45, 2.75) is 18.6 Å². The zero-order valence-corrected chi connectivity index (χ0v) is 11.1. The van der Waals surface area contributed by atoms with Crippen molar-refractivity contribution in [3.05, 3.63) is 71.3 Å². The van der Waals surface area contributed by atoms with Gasteiger partial charge in [0.2, 0.25) is 0 Å². The summed E-state index contributed by atoms with van der Waals surface area (Å²) in [4.78, 5) is 0. The number of hydrogen-bond donors (Lipinski definition) is 1. The van der Waals surface area contributed by atoms with E-state index in [1.807, 2.05) is 30.3 Å². The van der Waals surface area contributed by atoms with Crippen molar-refractivity contribution < 1.29 is 13.2 Å². The molecule has 0 spiro atoms. The summed E-state index contributed by atoms with van der Waals surface area (Å²) in [5, 5.41) is 2.30. The molecule has 0 aromatic heterocycles. The number of benzene rings is 2. The predicted octanol–water partition coefficient (Wildman–Crippen LogP) is 4.10. The SMILES string of the molecule is CNC(c1ccc(Cc2ccccc2)cc1)C(F)(F)F. The van der Waals surface area contributed by atoms with Crippen LogP contribution in [0.3, 0.4) is 0 Å². The second-order valence-electron chi connectivity index (χ2n) is 4.67. The predicted molar refractivity (Wildman–Crippen MR) is 73.5 cm³/mol. The average molecular weight is 279 g/mol. The van der Waals surface area contributed by atoms with E-state index < -0.39 is 12.2 Å². The summed E-state index contributed by atoms with van der Waals surface area (Å²) in [6.07, 6.45) is -3.56. The van der Waals surface area contributed by atoms with Gasteiger partial charge in [0.1, 0.15) is 6.04 Å². The highest BCUT2D eigenvalue weighted by Crippen LogP contribution is 2.32. The smallest absolute Gasteiger partial charge is 0.306 e. The zero-order chi connectivity index (χ0) is 14.6. The van der Waals surface area contributed by atoms with Gasteiger partial charge in [-0.15, -0.1) is 0 Å². The Labute approximate surface area is 116 Å². The summed E-state index contributed by atoms with van der Waals surface area (Å²) in [5.74, 6) is 0. The Morgan fingerprint density at radius 1 is 0.900 bits per heavy atom. The molecular weight excluding hydrogens is 263 g/mol. The van der Waals surface area contributed by atoms with E-state index in [0.29, 0.717) is 0 Å². The van der Waals surface area contributed by atoms with Crippen LogP contribution in [0.1, 0.15) is 22.7 Å². The molecule has 0 aliphatic heterocycles. The van der Waals surface area contributed by atoms with Crippen molar-refractivity contribution in [3.63, 3.8) is 0 Å². The molecule has 0 fully saturated rings. The highest BCUT2D eigenvalue weighted by atomic mass is 19.4. The van der Waals surface area contributed by atoms with Crippen molar-refractivity contribution in [2.75, 3.05) is 7.05 Å². The highest BCUT2D eigenvalue weighted by molar-refractivity contribution is 5.30. The number of rotatable bonds is 4. The minimum atomic E-state index is -4.28. The molecule has 2 aromatic carbocycles. The number of hydrogen-bond acceptors (Lipinski definition) is 1.